The Labute approximate surface area is 94.7 Å². The molecule has 1 rings (SSSR count). The summed E-state index contributed by atoms with van der Waals surface area (Å²) in [7, 11) is 0. The van der Waals surface area contributed by atoms with Crippen molar-refractivity contribution in [3.05, 3.63) is 41.8 Å². The summed E-state index contributed by atoms with van der Waals surface area (Å²) in [6, 6.07) is 8.80. The van der Waals surface area contributed by atoms with Crippen LogP contribution in [0.5, 0.6) is 0 Å². The molecule has 0 unspecified atom stereocenters. The second-order valence-electron chi connectivity index (χ2n) is 4.15. The molecule has 0 atom stereocenters. The van der Waals surface area contributed by atoms with Crippen LogP contribution in [0.25, 0.3) is 0 Å². The lowest BCUT2D eigenvalue weighted by Gasteiger charge is -2.07. The van der Waals surface area contributed by atoms with Gasteiger partial charge in [0.05, 0.1) is 0 Å². The van der Waals surface area contributed by atoms with Gasteiger partial charge in [-0.25, -0.2) is 0 Å². The van der Waals surface area contributed by atoms with Crippen LogP contribution in [0.2, 0.25) is 0 Å². The van der Waals surface area contributed by atoms with Gasteiger partial charge < -0.3 is 0 Å². The summed E-state index contributed by atoms with van der Waals surface area (Å²) in [5.74, 6) is 0. The van der Waals surface area contributed by atoms with E-state index in [9.17, 15) is 0 Å². The zero-order chi connectivity index (χ0) is 10.9. The first-order valence-corrected chi connectivity index (χ1v) is 6.29. The molecule has 0 nitrogen and oxygen atoms in total. The minimum atomic E-state index is 1.21. The van der Waals surface area contributed by atoms with E-state index in [1.807, 2.05) is 0 Å². The molecule has 0 aliphatic heterocycles. The fourth-order valence-electron chi connectivity index (χ4n) is 1.88. The van der Waals surface area contributed by atoms with Crippen LogP contribution in [0.1, 0.15) is 57.1 Å². The van der Waals surface area contributed by atoms with Gasteiger partial charge in [0.25, 0.3) is 0 Å². The normalized spacial score (nSPS) is 10.5. The Morgan fingerprint density at radius 1 is 1.00 bits per heavy atom. The number of rotatable bonds is 7. The van der Waals surface area contributed by atoms with E-state index in [-0.39, 0.29) is 0 Å². The van der Waals surface area contributed by atoms with Gasteiger partial charge in [-0.2, -0.15) is 0 Å². The van der Waals surface area contributed by atoms with Gasteiger partial charge in [-0.1, -0.05) is 63.8 Å². The fourth-order valence-corrected chi connectivity index (χ4v) is 1.88. The number of benzene rings is 1. The van der Waals surface area contributed by atoms with E-state index in [2.05, 4.69) is 44.5 Å². The number of hydrogen-bond acceptors (Lipinski definition) is 0. The van der Waals surface area contributed by atoms with Crippen LogP contribution >= 0.6 is 0 Å². The monoisotopic (exact) mass is 203 g/mol. The van der Waals surface area contributed by atoms with E-state index in [0.29, 0.717) is 0 Å². The molecule has 0 aliphatic carbocycles. The van der Waals surface area contributed by atoms with Crippen LogP contribution in [-0.2, 0) is 6.42 Å². The van der Waals surface area contributed by atoms with Gasteiger partial charge in [0.15, 0.2) is 0 Å². The first-order valence-electron chi connectivity index (χ1n) is 6.29. The van der Waals surface area contributed by atoms with E-state index in [4.69, 9.17) is 0 Å². The SMILES string of the molecule is CCCCC[CH]c1ccccc1CCC. The largest absolute Gasteiger partial charge is 0.0654 e. The highest BCUT2D eigenvalue weighted by Crippen LogP contribution is 2.16. The Balaban J connectivity index is 2.44. The lowest BCUT2D eigenvalue weighted by Crippen LogP contribution is -1.92. The van der Waals surface area contributed by atoms with Crippen molar-refractivity contribution in [2.75, 3.05) is 0 Å². The Morgan fingerprint density at radius 3 is 2.53 bits per heavy atom. The summed E-state index contributed by atoms with van der Waals surface area (Å²) in [6.45, 7) is 4.50. The van der Waals surface area contributed by atoms with Gasteiger partial charge in [-0.05, 0) is 30.4 Å². The highest BCUT2D eigenvalue weighted by atomic mass is 14.1. The summed E-state index contributed by atoms with van der Waals surface area (Å²) in [4.78, 5) is 0. The van der Waals surface area contributed by atoms with Crippen LogP contribution < -0.4 is 0 Å². The first-order chi connectivity index (χ1) is 7.38. The van der Waals surface area contributed by atoms with Gasteiger partial charge in [0, 0.05) is 0 Å². The summed E-state index contributed by atoms with van der Waals surface area (Å²) < 4.78 is 0. The van der Waals surface area contributed by atoms with Crippen molar-refractivity contribution in [3.8, 4) is 0 Å². The molecule has 0 heterocycles. The third-order valence-corrected chi connectivity index (χ3v) is 2.75. The Hall–Kier alpha value is -0.780. The Kier molecular flexibility index (Phi) is 6.15. The fraction of sp³-hybridized carbons (Fsp3) is 0.533. The first kappa shape index (κ1) is 12.3. The van der Waals surface area contributed by atoms with Crippen molar-refractivity contribution in [2.45, 2.75) is 52.4 Å². The van der Waals surface area contributed by atoms with Crippen molar-refractivity contribution < 1.29 is 0 Å². The molecule has 1 aromatic carbocycles. The summed E-state index contributed by atoms with van der Waals surface area (Å²) in [5, 5.41) is 0. The van der Waals surface area contributed by atoms with Crippen molar-refractivity contribution in [1.82, 2.24) is 0 Å². The lowest BCUT2D eigenvalue weighted by atomic mass is 9.98. The maximum atomic E-state index is 2.40. The molecule has 15 heavy (non-hydrogen) atoms. The smallest absolute Gasteiger partial charge is 0.00903 e. The quantitative estimate of drug-likeness (QED) is 0.560. The van der Waals surface area contributed by atoms with Crippen molar-refractivity contribution >= 4 is 0 Å². The molecule has 0 saturated heterocycles. The number of hydrogen-bond donors (Lipinski definition) is 0. The third-order valence-electron chi connectivity index (χ3n) is 2.75. The van der Waals surface area contributed by atoms with E-state index in [1.54, 1.807) is 0 Å². The summed E-state index contributed by atoms with van der Waals surface area (Å²) in [5.41, 5.74) is 2.96. The molecule has 0 bridgehead atoms. The van der Waals surface area contributed by atoms with Crippen LogP contribution in [0.4, 0.5) is 0 Å². The standard InChI is InChI=1S/C15H23/c1-3-5-6-7-11-15-13-9-8-12-14(15)10-4-2/h8-9,11-13H,3-7,10H2,1-2H3. The molecule has 0 spiro atoms. The van der Waals surface area contributed by atoms with E-state index >= 15 is 0 Å². The highest BCUT2D eigenvalue weighted by molar-refractivity contribution is 5.32. The number of aryl methyl sites for hydroxylation is 1. The predicted molar refractivity (Wildman–Crippen MR) is 68.0 cm³/mol. The van der Waals surface area contributed by atoms with Gasteiger partial charge in [0.1, 0.15) is 0 Å². The minimum absolute atomic E-state index is 1.21. The average molecular weight is 203 g/mol. The average Bonchev–Trinajstić information content (AvgIpc) is 2.27. The second kappa shape index (κ2) is 7.50. The number of unbranched alkanes of at least 4 members (excludes halogenated alkanes) is 3. The molecule has 0 saturated carbocycles. The zero-order valence-corrected chi connectivity index (χ0v) is 10.1. The molecule has 1 aromatic rings. The van der Waals surface area contributed by atoms with Crippen LogP contribution in [0.3, 0.4) is 0 Å². The molecule has 0 N–H and O–H groups in total. The topological polar surface area (TPSA) is 0 Å². The maximum absolute atomic E-state index is 2.40. The van der Waals surface area contributed by atoms with E-state index < -0.39 is 0 Å². The lowest BCUT2D eigenvalue weighted by molar-refractivity contribution is 0.713. The van der Waals surface area contributed by atoms with Crippen molar-refractivity contribution in [3.63, 3.8) is 0 Å². The molecule has 1 radical (unpaired) electrons. The predicted octanol–water partition coefficient (Wildman–Crippen LogP) is 4.77. The molecule has 0 aliphatic rings. The molecule has 0 heteroatoms. The molecular weight excluding hydrogens is 180 g/mol. The van der Waals surface area contributed by atoms with Crippen LogP contribution in [-0.4, -0.2) is 0 Å². The van der Waals surface area contributed by atoms with E-state index in [1.165, 1.54) is 49.7 Å². The van der Waals surface area contributed by atoms with Crippen molar-refractivity contribution in [1.29, 1.82) is 0 Å². The molecule has 0 aromatic heterocycles. The van der Waals surface area contributed by atoms with Crippen LogP contribution in [0, 0.1) is 6.42 Å². The molecule has 0 fully saturated rings. The van der Waals surface area contributed by atoms with Gasteiger partial charge in [-0.3, -0.25) is 0 Å². The van der Waals surface area contributed by atoms with Gasteiger partial charge in [-0.15, -0.1) is 0 Å². The van der Waals surface area contributed by atoms with E-state index in [0.717, 1.165) is 0 Å². The molecular formula is C15H23. The van der Waals surface area contributed by atoms with Crippen molar-refractivity contribution in [2.24, 2.45) is 0 Å². The van der Waals surface area contributed by atoms with Gasteiger partial charge in [0.2, 0.25) is 0 Å². The summed E-state index contributed by atoms with van der Waals surface area (Å²) >= 11 is 0. The minimum Gasteiger partial charge on any atom is -0.0654 e. The Morgan fingerprint density at radius 2 is 1.80 bits per heavy atom. The van der Waals surface area contributed by atoms with Crippen LogP contribution in [0.15, 0.2) is 24.3 Å². The van der Waals surface area contributed by atoms with Gasteiger partial charge >= 0.3 is 0 Å². The zero-order valence-electron chi connectivity index (χ0n) is 10.1. The Bertz CT molecular complexity index is 262. The molecule has 83 valence electrons. The summed E-state index contributed by atoms with van der Waals surface area (Å²) in [6.07, 6.45) is 10.1. The highest BCUT2D eigenvalue weighted by Gasteiger charge is 2.00. The molecule has 0 amide bonds. The second-order valence-corrected chi connectivity index (χ2v) is 4.15. The third kappa shape index (κ3) is 4.51. The maximum Gasteiger partial charge on any atom is -0.00903 e.